The number of hydrogen-bond donors (Lipinski definition) is 3. The molecule has 6 nitrogen and oxygen atoms in total. The Hall–Kier alpha value is -2.01. The Labute approximate surface area is 142 Å². The number of nitrogens with one attached hydrogen (secondary N) is 1. The summed E-state index contributed by atoms with van der Waals surface area (Å²) in [6, 6.07) is 11.2. The first-order chi connectivity index (χ1) is 11.6. The standard InChI is InChI=1S/C17H22BN3O3/c1-13(14-6-3-2-4-7-14)20-11-9-19-15(12-20)17(22)21-10-5-8-16(21)18(23)24/h2-3,6,15-16,19,23-24H,1,5,8-12H2/t15-,16+/m1/s1. The van der Waals surface area contributed by atoms with E-state index in [0.29, 0.717) is 26.1 Å². The number of likely N-dealkylation sites (tertiary alicyclic amines) is 1. The summed E-state index contributed by atoms with van der Waals surface area (Å²) in [5.74, 6) is -0.582. The number of rotatable bonds is 4. The molecule has 0 radical (unpaired) electrons. The van der Waals surface area contributed by atoms with E-state index in [2.05, 4.69) is 28.9 Å². The van der Waals surface area contributed by atoms with Gasteiger partial charge in [-0.15, -0.1) is 0 Å². The first-order valence-electron chi connectivity index (χ1n) is 8.30. The highest BCUT2D eigenvalue weighted by molar-refractivity contribution is 6.43. The summed E-state index contributed by atoms with van der Waals surface area (Å²) in [5.41, 5.74) is 1.70. The first kappa shape index (κ1) is 16.8. The van der Waals surface area contributed by atoms with Crippen LogP contribution in [0.3, 0.4) is 0 Å². The summed E-state index contributed by atoms with van der Waals surface area (Å²) < 4.78 is 0. The van der Waals surface area contributed by atoms with Crippen molar-refractivity contribution in [2.24, 2.45) is 0 Å². The molecule has 1 aromatic rings. The van der Waals surface area contributed by atoms with E-state index in [9.17, 15) is 14.8 Å². The third kappa shape index (κ3) is 3.41. The number of hydrogen-bond acceptors (Lipinski definition) is 5. The first-order valence-corrected chi connectivity index (χ1v) is 8.30. The predicted molar refractivity (Wildman–Crippen MR) is 91.4 cm³/mol. The molecule has 126 valence electrons. The maximum absolute atomic E-state index is 12.8. The van der Waals surface area contributed by atoms with Crippen molar-refractivity contribution in [3.8, 4) is 0 Å². The molecular formula is C17H22BN3O3. The van der Waals surface area contributed by atoms with Crippen molar-refractivity contribution < 1.29 is 14.8 Å². The number of carbonyl (C=O) groups is 1. The molecule has 7 heteroatoms. The van der Waals surface area contributed by atoms with E-state index in [1.807, 2.05) is 12.1 Å². The normalized spacial score (nSPS) is 23.8. The van der Waals surface area contributed by atoms with Crippen molar-refractivity contribution >= 4 is 18.7 Å². The minimum atomic E-state index is -1.49. The largest absolute Gasteiger partial charge is 0.475 e. The smallest absolute Gasteiger partial charge is 0.426 e. The molecule has 0 aliphatic carbocycles. The average Bonchev–Trinajstić information content (AvgIpc) is 3.11. The third-order valence-corrected chi connectivity index (χ3v) is 4.74. The van der Waals surface area contributed by atoms with Crippen LogP contribution in [0.4, 0.5) is 0 Å². The molecule has 1 aromatic carbocycles. The fraction of sp³-hybridized carbons (Fsp3) is 0.471. The summed E-state index contributed by atoms with van der Waals surface area (Å²) in [6.07, 6.45) is 1.42. The van der Waals surface area contributed by atoms with Gasteiger partial charge in [0, 0.05) is 37.4 Å². The zero-order valence-corrected chi connectivity index (χ0v) is 13.6. The zero-order valence-electron chi connectivity index (χ0n) is 13.6. The number of amides is 1. The lowest BCUT2D eigenvalue weighted by Crippen LogP contribution is -2.59. The topological polar surface area (TPSA) is 76.0 Å². The summed E-state index contributed by atoms with van der Waals surface area (Å²) in [4.78, 5) is 16.5. The van der Waals surface area contributed by atoms with E-state index >= 15 is 0 Å². The van der Waals surface area contributed by atoms with Gasteiger partial charge in [0.15, 0.2) is 0 Å². The second-order valence-corrected chi connectivity index (χ2v) is 6.26. The van der Waals surface area contributed by atoms with Crippen LogP contribution in [0.25, 0.3) is 5.70 Å². The molecule has 2 fully saturated rings. The van der Waals surface area contributed by atoms with Crippen LogP contribution in [0, 0.1) is 12.1 Å². The zero-order chi connectivity index (χ0) is 17.1. The minimum absolute atomic E-state index is 0.0771. The average molecular weight is 327 g/mol. The number of nitrogens with zero attached hydrogens (tertiary/aromatic N) is 2. The van der Waals surface area contributed by atoms with Crippen molar-refractivity contribution in [1.82, 2.24) is 15.1 Å². The van der Waals surface area contributed by atoms with Crippen LogP contribution in [0.1, 0.15) is 18.4 Å². The van der Waals surface area contributed by atoms with E-state index in [1.165, 1.54) is 0 Å². The van der Waals surface area contributed by atoms with Crippen molar-refractivity contribution in [2.45, 2.75) is 24.8 Å². The van der Waals surface area contributed by atoms with Crippen molar-refractivity contribution in [3.63, 3.8) is 0 Å². The van der Waals surface area contributed by atoms with Gasteiger partial charge < -0.3 is 25.2 Å². The molecule has 0 spiro atoms. The summed E-state index contributed by atoms with van der Waals surface area (Å²) in [7, 11) is -1.49. The molecule has 0 bridgehead atoms. The minimum Gasteiger partial charge on any atom is -0.426 e. The molecule has 2 atom stereocenters. The van der Waals surface area contributed by atoms with Crippen LogP contribution >= 0.6 is 0 Å². The molecular weight excluding hydrogens is 305 g/mol. The quantitative estimate of drug-likeness (QED) is 0.652. The van der Waals surface area contributed by atoms with Gasteiger partial charge in [-0.3, -0.25) is 4.79 Å². The van der Waals surface area contributed by atoms with Gasteiger partial charge in [0.05, 0.1) is 5.94 Å². The molecule has 2 aliphatic rings. The SMILES string of the molecule is C=C(c1c#cccc1)N1CCN[C@@H](C(=O)N2CCC[C@H]2B(O)O)C1. The Morgan fingerprint density at radius 2 is 2.25 bits per heavy atom. The Kier molecular flexibility index (Phi) is 5.10. The maximum atomic E-state index is 12.8. The van der Waals surface area contributed by atoms with Gasteiger partial charge in [0.1, 0.15) is 6.04 Å². The van der Waals surface area contributed by atoms with Crippen molar-refractivity contribution in [3.05, 3.63) is 42.5 Å². The van der Waals surface area contributed by atoms with Gasteiger partial charge in [-0.2, -0.15) is 0 Å². The Morgan fingerprint density at radius 3 is 2.96 bits per heavy atom. The number of piperazine rings is 1. The second-order valence-electron chi connectivity index (χ2n) is 6.26. The highest BCUT2D eigenvalue weighted by atomic mass is 16.4. The van der Waals surface area contributed by atoms with Crippen LogP contribution in [-0.2, 0) is 4.79 Å². The Bertz CT molecular complexity index is 596. The summed E-state index contributed by atoms with van der Waals surface area (Å²) in [6.45, 7) is 6.64. The summed E-state index contributed by atoms with van der Waals surface area (Å²) >= 11 is 0. The lowest BCUT2D eigenvalue weighted by Gasteiger charge is -2.38. The fourth-order valence-corrected chi connectivity index (χ4v) is 3.43. The molecule has 2 heterocycles. The van der Waals surface area contributed by atoms with E-state index in [0.717, 1.165) is 24.2 Å². The van der Waals surface area contributed by atoms with E-state index in [-0.39, 0.29) is 11.9 Å². The number of carbonyl (C=O) groups excluding carboxylic acids is 1. The monoisotopic (exact) mass is 327 g/mol. The maximum Gasteiger partial charge on any atom is 0.475 e. The molecule has 0 unspecified atom stereocenters. The lowest BCUT2D eigenvalue weighted by molar-refractivity contribution is -0.134. The van der Waals surface area contributed by atoms with E-state index in [1.54, 1.807) is 11.0 Å². The highest BCUT2D eigenvalue weighted by Gasteiger charge is 2.40. The molecule has 0 aromatic heterocycles. The molecule has 2 saturated heterocycles. The highest BCUT2D eigenvalue weighted by Crippen LogP contribution is 2.22. The Balaban J connectivity index is 1.67. The molecule has 3 rings (SSSR count). The van der Waals surface area contributed by atoms with Crippen LogP contribution in [-0.4, -0.2) is 71.0 Å². The molecule has 3 N–H and O–H groups in total. The van der Waals surface area contributed by atoms with Crippen LogP contribution < -0.4 is 5.32 Å². The van der Waals surface area contributed by atoms with Gasteiger partial charge in [0.25, 0.3) is 0 Å². The molecule has 0 saturated carbocycles. The fourth-order valence-electron chi connectivity index (χ4n) is 3.43. The molecule has 24 heavy (non-hydrogen) atoms. The van der Waals surface area contributed by atoms with Gasteiger partial charge in [-0.25, -0.2) is 0 Å². The molecule has 1 amide bonds. The van der Waals surface area contributed by atoms with Gasteiger partial charge in [0.2, 0.25) is 5.91 Å². The van der Waals surface area contributed by atoms with E-state index in [4.69, 9.17) is 0 Å². The second kappa shape index (κ2) is 7.26. The van der Waals surface area contributed by atoms with Crippen molar-refractivity contribution in [1.29, 1.82) is 0 Å². The third-order valence-electron chi connectivity index (χ3n) is 4.74. The van der Waals surface area contributed by atoms with Crippen LogP contribution in [0.2, 0.25) is 0 Å². The van der Waals surface area contributed by atoms with E-state index < -0.39 is 13.1 Å². The van der Waals surface area contributed by atoms with Gasteiger partial charge >= 0.3 is 7.12 Å². The lowest BCUT2D eigenvalue weighted by atomic mass is 9.77. The summed E-state index contributed by atoms with van der Waals surface area (Å²) in [5, 5.41) is 22.2. The van der Waals surface area contributed by atoms with Gasteiger partial charge in [-0.05, 0) is 25.0 Å². The predicted octanol–water partition coefficient (Wildman–Crippen LogP) is -0.466. The van der Waals surface area contributed by atoms with Gasteiger partial charge in [-0.1, -0.05) is 24.8 Å². The Morgan fingerprint density at radius 1 is 1.42 bits per heavy atom. The molecule has 2 aliphatic heterocycles. The van der Waals surface area contributed by atoms with Crippen LogP contribution in [0.15, 0.2) is 24.8 Å². The van der Waals surface area contributed by atoms with Crippen LogP contribution in [0.5, 0.6) is 0 Å². The van der Waals surface area contributed by atoms with Crippen molar-refractivity contribution in [2.75, 3.05) is 26.2 Å².